The zero-order valence-electron chi connectivity index (χ0n) is 13.4. The molecule has 0 saturated heterocycles. The maximum absolute atomic E-state index is 11.9. The highest BCUT2D eigenvalue weighted by atomic mass is 32.2. The van der Waals surface area contributed by atoms with E-state index >= 15 is 0 Å². The molecule has 0 bridgehead atoms. The highest BCUT2D eigenvalue weighted by Gasteiger charge is 2.20. The molecule has 0 radical (unpaired) electrons. The van der Waals surface area contributed by atoms with Gasteiger partial charge in [0.1, 0.15) is 5.75 Å². The zero-order chi connectivity index (χ0) is 16.3. The van der Waals surface area contributed by atoms with Gasteiger partial charge in [-0.2, -0.15) is 0 Å². The van der Waals surface area contributed by atoms with Gasteiger partial charge in [-0.15, -0.1) is 10.2 Å². The minimum absolute atomic E-state index is 0.0546. The predicted molar refractivity (Wildman–Crippen MR) is 87.0 cm³/mol. The normalized spacial score (nSPS) is 12.0. The first kappa shape index (κ1) is 16.4. The lowest BCUT2D eigenvalue weighted by Gasteiger charge is -2.15. The third kappa shape index (κ3) is 3.41. The van der Waals surface area contributed by atoms with Gasteiger partial charge >= 0.3 is 0 Å². The summed E-state index contributed by atoms with van der Waals surface area (Å²) in [5.74, 6) is 1.61. The van der Waals surface area contributed by atoms with Crippen molar-refractivity contribution in [1.82, 2.24) is 19.7 Å². The molecule has 1 atom stereocenters. The topological polar surface area (TPSA) is 60.3 Å². The van der Waals surface area contributed by atoms with Gasteiger partial charge in [0, 0.05) is 26.7 Å². The molecule has 0 unspecified atom stereocenters. The number of benzene rings is 1. The molecule has 1 heterocycles. The molecule has 1 amide bonds. The highest BCUT2D eigenvalue weighted by Crippen LogP contribution is 2.27. The van der Waals surface area contributed by atoms with Crippen LogP contribution in [-0.2, 0) is 11.8 Å². The number of hydrogen-bond donors (Lipinski definition) is 0. The number of nitrogens with zero attached hydrogens (tertiary/aromatic N) is 4. The fraction of sp³-hybridized carbons (Fsp3) is 0.400. The average molecular weight is 320 g/mol. The van der Waals surface area contributed by atoms with Crippen LogP contribution in [0.15, 0.2) is 29.4 Å². The molecular weight excluding hydrogens is 300 g/mol. The lowest BCUT2D eigenvalue weighted by Crippen LogP contribution is -2.29. The first-order chi connectivity index (χ1) is 10.4. The minimum atomic E-state index is -0.207. The fourth-order valence-corrected chi connectivity index (χ4v) is 2.94. The molecule has 22 heavy (non-hydrogen) atoms. The average Bonchev–Trinajstić information content (AvgIpc) is 2.87. The van der Waals surface area contributed by atoms with Gasteiger partial charge in [-0.25, -0.2) is 0 Å². The second-order valence-electron chi connectivity index (χ2n) is 5.09. The monoisotopic (exact) mass is 320 g/mol. The second-order valence-corrected chi connectivity index (χ2v) is 6.39. The van der Waals surface area contributed by atoms with Crippen molar-refractivity contribution in [3.63, 3.8) is 0 Å². The fourth-order valence-electron chi connectivity index (χ4n) is 1.98. The standard InChI is InChI=1S/C15H20N4O2S/c1-10(14(20)18(2)3)22-15-17-16-13(19(15)4)11-6-8-12(21-5)9-7-11/h6-10H,1-5H3/t10-/m0/s1. The van der Waals surface area contributed by atoms with Crippen molar-refractivity contribution in [3.05, 3.63) is 24.3 Å². The van der Waals surface area contributed by atoms with Gasteiger partial charge in [0.2, 0.25) is 5.91 Å². The number of methoxy groups -OCH3 is 1. The van der Waals surface area contributed by atoms with Crippen molar-refractivity contribution in [2.24, 2.45) is 7.05 Å². The van der Waals surface area contributed by atoms with Gasteiger partial charge in [0.15, 0.2) is 11.0 Å². The Morgan fingerprint density at radius 1 is 1.27 bits per heavy atom. The van der Waals surface area contributed by atoms with E-state index in [9.17, 15) is 4.79 Å². The van der Waals surface area contributed by atoms with Crippen LogP contribution >= 0.6 is 11.8 Å². The number of carbonyl (C=O) groups is 1. The summed E-state index contributed by atoms with van der Waals surface area (Å²) in [4.78, 5) is 13.5. The summed E-state index contributed by atoms with van der Waals surface area (Å²) in [6.45, 7) is 1.87. The molecule has 7 heteroatoms. The molecule has 2 rings (SSSR count). The maximum Gasteiger partial charge on any atom is 0.235 e. The number of aromatic nitrogens is 3. The van der Waals surface area contributed by atoms with Crippen LogP contribution in [0, 0.1) is 0 Å². The summed E-state index contributed by atoms with van der Waals surface area (Å²) in [7, 11) is 7.03. The minimum Gasteiger partial charge on any atom is -0.497 e. The summed E-state index contributed by atoms with van der Waals surface area (Å²) >= 11 is 1.40. The van der Waals surface area contributed by atoms with Crippen LogP contribution in [0.25, 0.3) is 11.4 Å². The SMILES string of the molecule is COc1ccc(-c2nnc(S[C@@H](C)C(=O)N(C)C)n2C)cc1. The Labute approximate surface area is 134 Å². The Hall–Kier alpha value is -2.02. The first-order valence-corrected chi connectivity index (χ1v) is 7.73. The van der Waals surface area contributed by atoms with Crippen LogP contribution in [0.5, 0.6) is 5.75 Å². The summed E-state index contributed by atoms with van der Waals surface area (Å²) in [6.07, 6.45) is 0. The van der Waals surface area contributed by atoms with Crippen molar-refractivity contribution in [1.29, 1.82) is 0 Å². The molecule has 118 valence electrons. The van der Waals surface area contributed by atoms with Crippen LogP contribution in [0.4, 0.5) is 0 Å². The van der Waals surface area contributed by atoms with Gasteiger partial charge in [-0.05, 0) is 31.2 Å². The summed E-state index contributed by atoms with van der Waals surface area (Å²) in [5, 5.41) is 8.92. The van der Waals surface area contributed by atoms with Crippen molar-refractivity contribution in [2.45, 2.75) is 17.3 Å². The van der Waals surface area contributed by atoms with Gasteiger partial charge < -0.3 is 14.2 Å². The van der Waals surface area contributed by atoms with E-state index < -0.39 is 0 Å². The van der Waals surface area contributed by atoms with Crippen LogP contribution in [0.3, 0.4) is 0 Å². The molecule has 6 nitrogen and oxygen atoms in total. The molecule has 1 aromatic heterocycles. The molecule has 2 aromatic rings. The Morgan fingerprint density at radius 2 is 1.91 bits per heavy atom. The molecule has 0 aliphatic heterocycles. The van der Waals surface area contributed by atoms with E-state index in [1.807, 2.05) is 42.8 Å². The first-order valence-electron chi connectivity index (χ1n) is 6.85. The van der Waals surface area contributed by atoms with Crippen molar-refractivity contribution >= 4 is 17.7 Å². The summed E-state index contributed by atoms with van der Waals surface area (Å²) in [5.41, 5.74) is 0.953. The van der Waals surface area contributed by atoms with Crippen LogP contribution < -0.4 is 4.74 Å². The van der Waals surface area contributed by atoms with Gasteiger partial charge in [-0.3, -0.25) is 4.79 Å². The molecular formula is C15H20N4O2S. The summed E-state index contributed by atoms with van der Waals surface area (Å²) < 4.78 is 7.05. The Morgan fingerprint density at radius 3 is 2.45 bits per heavy atom. The van der Waals surface area contributed by atoms with Gasteiger partial charge in [0.25, 0.3) is 0 Å². The van der Waals surface area contributed by atoms with Crippen molar-refractivity contribution < 1.29 is 9.53 Å². The molecule has 0 aliphatic carbocycles. The van der Waals surface area contributed by atoms with Gasteiger partial charge in [-0.1, -0.05) is 11.8 Å². The second kappa shape index (κ2) is 6.83. The van der Waals surface area contributed by atoms with Crippen LogP contribution in [0.2, 0.25) is 0 Å². The van der Waals surface area contributed by atoms with E-state index in [0.717, 1.165) is 17.1 Å². The number of amides is 1. The molecule has 0 aliphatic rings. The maximum atomic E-state index is 11.9. The van der Waals surface area contributed by atoms with Crippen molar-refractivity contribution in [3.8, 4) is 17.1 Å². The summed E-state index contributed by atoms with van der Waals surface area (Å²) in [6, 6.07) is 7.64. The number of thioether (sulfide) groups is 1. The zero-order valence-corrected chi connectivity index (χ0v) is 14.2. The van der Waals surface area contributed by atoms with E-state index in [1.165, 1.54) is 11.8 Å². The van der Waals surface area contributed by atoms with Crippen LogP contribution in [-0.4, -0.2) is 52.0 Å². The highest BCUT2D eigenvalue weighted by molar-refractivity contribution is 8.00. The molecule has 0 spiro atoms. The third-order valence-corrected chi connectivity index (χ3v) is 4.38. The van der Waals surface area contributed by atoms with E-state index in [1.54, 1.807) is 26.1 Å². The van der Waals surface area contributed by atoms with Crippen molar-refractivity contribution in [2.75, 3.05) is 21.2 Å². The van der Waals surface area contributed by atoms with E-state index in [0.29, 0.717) is 5.16 Å². The Bertz CT molecular complexity index is 652. The number of carbonyl (C=O) groups excluding carboxylic acids is 1. The molecule has 1 aromatic carbocycles. The lowest BCUT2D eigenvalue weighted by atomic mass is 10.2. The number of hydrogen-bond acceptors (Lipinski definition) is 5. The Kier molecular flexibility index (Phi) is 5.07. The lowest BCUT2D eigenvalue weighted by molar-refractivity contribution is -0.127. The van der Waals surface area contributed by atoms with E-state index in [-0.39, 0.29) is 11.2 Å². The number of rotatable bonds is 5. The quantitative estimate of drug-likeness (QED) is 0.789. The smallest absolute Gasteiger partial charge is 0.235 e. The van der Waals surface area contributed by atoms with Gasteiger partial charge in [0.05, 0.1) is 12.4 Å². The Balaban J connectivity index is 2.20. The van der Waals surface area contributed by atoms with E-state index in [4.69, 9.17) is 4.74 Å². The van der Waals surface area contributed by atoms with Crippen LogP contribution in [0.1, 0.15) is 6.92 Å². The molecule has 0 saturated carbocycles. The molecule has 0 N–H and O–H groups in total. The molecule has 0 fully saturated rings. The van der Waals surface area contributed by atoms with E-state index in [2.05, 4.69) is 10.2 Å². The number of ether oxygens (including phenoxy) is 1. The largest absolute Gasteiger partial charge is 0.497 e. The predicted octanol–water partition coefficient (Wildman–Crippen LogP) is 2.06. The third-order valence-electron chi connectivity index (χ3n) is 3.25.